The first-order valence-electron chi connectivity index (χ1n) is 9.70. The molecule has 0 atom stereocenters. The van der Waals surface area contributed by atoms with E-state index in [2.05, 4.69) is 20.2 Å². The van der Waals surface area contributed by atoms with Gasteiger partial charge in [0.25, 0.3) is 0 Å². The molecule has 0 spiro atoms. The van der Waals surface area contributed by atoms with Crippen LogP contribution in [0, 0.1) is 0 Å². The van der Waals surface area contributed by atoms with Crippen LogP contribution < -0.4 is 0 Å². The second-order valence-corrected chi connectivity index (χ2v) is 7.37. The molecule has 8 rings (SSSR count). The minimum atomic E-state index is -4.46. The molecule has 3 aliphatic heterocycles. The molecule has 3 aliphatic rings. The summed E-state index contributed by atoms with van der Waals surface area (Å²) in [6.07, 6.45) is 3.70. The first kappa shape index (κ1) is 18.5. The van der Waals surface area contributed by atoms with E-state index in [-0.39, 0.29) is 0 Å². The van der Waals surface area contributed by atoms with Gasteiger partial charge in [0.1, 0.15) is 12.7 Å². The van der Waals surface area contributed by atoms with Gasteiger partial charge in [-0.25, -0.2) is 0 Å². The number of nitrogens with zero attached hydrogens (tertiary/aromatic N) is 6. The SMILES string of the molecule is FC(F)(F)c1cccc(-n2cnncn3c4cnc5cc-3c(-c3cccnc3)cc5c42)c1. The minimum Gasteiger partial charge on any atom is -0.297 e. The van der Waals surface area contributed by atoms with E-state index in [0.29, 0.717) is 16.7 Å². The number of alkyl halides is 3. The second kappa shape index (κ2) is 6.61. The van der Waals surface area contributed by atoms with Crippen molar-refractivity contribution < 1.29 is 13.2 Å². The molecular formula is C23H13F3N6. The zero-order valence-electron chi connectivity index (χ0n) is 16.3. The Labute approximate surface area is 178 Å². The lowest BCUT2D eigenvalue weighted by Gasteiger charge is -2.13. The van der Waals surface area contributed by atoms with Crippen LogP contribution in [0.1, 0.15) is 5.56 Å². The third-order valence-electron chi connectivity index (χ3n) is 5.52. The maximum absolute atomic E-state index is 13.4. The fourth-order valence-electron chi connectivity index (χ4n) is 4.09. The third-order valence-corrected chi connectivity index (χ3v) is 5.52. The molecule has 0 amide bonds. The van der Waals surface area contributed by atoms with Crippen molar-refractivity contribution in [1.82, 2.24) is 29.3 Å². The van der Waals surface area contributed by atoms with Crippen LogP contribution in [0.3, 0.4) is 0 Å². The van der Waals surface area contributed by atoms with Crippen LogP contribution in [0.25, 0.3) is 44.4 Å². The number of rotatable bonds is 2. The van der Waals surface area contributed by atoms with Gasteiger partial charge in [-0.1, -0.05) is 12.1 Å². The van der Waals surface area contributed by atoms with Gasteiger partial charge in [-0.2, -0.15) is 13.2 Å². The van der Waals surface area contributed by atoms with Crippen molar-refractivity contribution >= 4 is 21.9 Å². The summed E-state index contributed by atoms with van der Waals surface area (Å²) in [5, 5.41) is 8.96. The first-order chi connectivity index (χ1) is 15.5. The van der Waals surface area contributed by atoms with Crippen molar-refractivity contribution in [3.63, 3.8) is 0 Å². The molecular weight excluding hydrogens is 417 g/mol. The van der Waals surface area contributed by atoms with Crippen LogP contribution in [-0.2, 0) is 6.18 Å². The van der Waals surface area contributed by atoms with Crippen molar-refractivity contribution in [2.24, 2.45) is 0 Å². The van der Waals surface area contributed by atoms with Crippen LogP contribution in [0.15, 0.2) is 79.8 Å². The number of fused-ring (bicyclic) bond motifs is 2. The highest BCUT2D eigenvalue weighted by atomic mass is 19.4. The molecule has 6 bridgehead atoms. The molecule has 3 aromatic heterocycles. The van der Waals surface area contributed by atoms with E-state index >= 15 is 0 Å². The topological polar surface area (TPSA) is 61.4 Å². The lowest BCUT2D eigenvalue weighted by molar-refractivity contribution is -0.137. The van der Waals surface area contributed by atoms with Gasteiger partial charge in [0, 0.05) is 34.6 Å². The smallest absolute Gasteiger partial charge is 0.297 e. The van der Waals surface area contributed by atoms with Gasteiger partial charge in [-0.05, 0) is 36.4 Å². The monoisotopic (exact) mass is 430 g/mol. The first-order valence-corrected chi connectivity index (χ1v) is 9.70. The van der Waals surface area contributed by atoms with E-state index in [1.54, 1.807) is 35.6 Å². The van der Waals surface area contributed by atoms with E-state index in [4.69, 9.17) is 0 Å². The number of aromatic nitrogens is 6. The highest BCUT2D eigenvalue weighted by molar-refractivity contribution is 6.08. The Morgan fingerprint density at radius 3 is 2.47 bits per heavy atom. The molecule has 0 fully saturated rings. The van der Waals surface area contributed by atoms with Crippen molar-refractivity contribution in [2.45, 2.75) is 6.18 Å². The summed E-state index contributed by atoms with van der Waals surface area (Å²) < 4.78 is 43.6. The quantitative estimate of drug-likeness (QED) is 0.375. The van der Waals surface area contributed by atoms with Crippen LogP contribution >= 0.6 is 0 Å². The molecule has 0 saturated heterocycles. The van der Waals surface area contributed by atoms with E-state index in [1.165, 1.54) is 12.4 Å². The van der Waals surface area contributed by atoms with Gasteiger partial charge in [-0.15, -0.1) is 10.2 Å². The molecule has 6 heterocycles. The molecule has 0 unspecified atom stereocenters. The normalized spacial score (nSPS) is 12.2. The van der Waals surface area contributed by atoms with E-state index in [9.17, 15) is 13.2 Å². The summed E-state index contributed by atoms with van der Waals surface area (Å²) in [6, 6.07) is 12.9. The average Bonchev–Trinajstić information content (AvgIpc) is 3.09. The molecule has 0 N–H and O–H groups in total. The highest BCUT2D eigenvalue weighted by Crippen LogP contribution is 2.38. The largest absolute Gasteiger partial charge is 0.416 e. The van der Waals surface area contributed by atoms with Crippen molar-refractivity contribution in [2.75, 3.05) is 0 Å². The number of pyridine rings is 2. The van der Waals surface area contributed by atoms with Crippen LogP contribution in [-0.4, -0.2) is 29.3 Å². The zero-order valence-corrected chi connectivity index (χ0v) is 16.3. The van der Waals surface area contributed by atoms with E-state index in [1.807, 2.05) is 28.8 Å². The van der Waals surface area contributed by atoms with Crippen molar-refractivity contribution in [3.05, 3.63) is 85.3 Å². The fraction of sp³-hybridized carbons (Fsp3) is 0.0435. The van der Waals surface area contributed by atoms with Gasteiger partial charge < -0.3 is 0 Å². The average molecular weight is 430 g/mol. The summed E-state index contributed by atoms with van der Waals surface area (Å²) in [7, 11) is 0. The summed E-state index contributed by atoms with van der Waals surface area (Å²) in [6.45, 7) is 0. The lowest BCUT2D eigenvalue weighted by atomic mass is 10.0. The van der Waals surface area contributed by atoms with E-state index < -0.39 is 11.7 Å². The Bertz CT molecular complexity index is 1570. The number of benzene rings is 2. The van der Waals surface area contributed by atoms with Gasteiger partial charge in [0.05, 0.1) is 34.0 Å². The van der Waals surface area contributed by atoms with Crippen LogP contribution in [0.5, 0.6) is 0 Å². The maximum Gasteiger partial charge on any atom is 0.416 e. The summed E-state index contributed by atoms with van der Waals surface area (Å²) >= 11 is 0. The minimum absolute atomic E-state index is 0.321. The van der Waals surface area contributed by atoms with Crippen molar-refractivity contribution in [3.8, 4) is 22.5 Å². The molecule has 2 aromatic carbocycles. The van der Waals surface area contributed by atoms with Gasteiger partial charge in [0.2, 0.25) is 0 Å². The molecule has 5 aromatic rings. The van der Waals surface area contributed by atoms with Crippen molar-refractivity contribution in [1.29, 1.82) is 0 Å². The molecule has 0 aliphatic carbocycles. The Balaban J connectivity index is 1.76. The zero-order chi connectivity index (χ0) is 21.9. The van der Waals surface area contributed by atoms with Crippen LogP contribution in [0.2, 0.25) is 0 Å². The number of halogens is 3. The Kier molecular flexibility index (Phi) is 3.82. The van der Waals surface area contributed by atoms with Gasteiger partial charge in [0.15, 0.2) is 0 Å². The van der Waals surface area contributed by atoms with Gasteiger partial charge in [-0.3, -0.25) is 19.1 Å². The second-order valence-electron chi connectivity index (χ2n) is 7.37. The molecule has 32 heavy (non-hydrogen) atoms. The molecule has 0 radical (unpaired) electrons. The Morgan fingerprint density at radius 1 is 0.844 bits per heavy atom. The highest BCUT2D eigenvalue weighted by Gasteiger charge is 2.30. The Morgan fingerprint density at radius 2 is 1.69 bits per heavy atom. The maximum atomic E-state index is 13.4. The predicted octanol–water partition coefficient (Wildman–Crippen LogP) is 5.28. The summed E-state index contributed by atoms with van der Waals surface area (Å²) in [5.74, 6) is 0. The number of hydrogen-bond acceptors (Lipinski definition) is 4. The summed E-state index contributed by atoms with van der Waals surface area (Å²) in [5.41, 5.74) is 4.32. The summed E-state index contributed by atoms with van der Waals surface area (Å²) in [4.78, 5) is 8.77. The van der Waals surface area contributed by atoms with Crippen LogP contribution in [0.4, 0.5) is 13.2 Å². The molecule has 0 saturated carbocycles. The predicted molar refractivity (Wildman–Crippen MR) is 113 cm³/mol. The van der Waals surface area contributed by atoms with Gasteiger partial charge >= 0.3 is 6.18 Å². The van der Waals surface area contributed by atoms with E-state index in [0.717, 1.165) is 39.8 Å². The molecule has 9 heteroatoms. The molecule has 6 nitrogen and oxygen atoms in total. The number of hydrogen-bond donors (Lipinski definition) is 0. The standard InChI is InChI=1S/C23H13F3N6/c24-23(25,26)15-4-1-5-16(7-15)31-12-29-30-13-32-20-9-19-18(22(31)21(32)11-28-19)8-17(20)14-3-2-6-27-10-14/h1-13H. The fourth-order valence-corrected chi connectivity index (χ4v) is 4.09. The lowest BCUT2D eigenvalue weighted by Crippen LogP contribution is -2.07. The Hall–Kier alpha value is -4.27. The third kappa shape index (κ3) is 2.74. The molecule has 156 valence electrons.